The molecule has 0 bridgehead atoms. The Labute approximate surface area is 124 Å². The molecule has 0 spiro atoms. The molecule has 0 atom stereocenters. The summed E-state index contributed by atoms with van der Waals surface area (Å²) in [5.74, 6) is -0.840. The summed E-state index contributed by atoms with van der Waals surface area (Å²) in [4.78, 5) is 19.9. The van der Waals surface area contributed by atoms with E-state index in [1.54, 1.807) is 12.1 Å². The summed E-state index contributed by atoms with van der Waals surface area (Å²) in [5, 5.41) is 14.2. The van der Waals surface area contributed by atoms with Gasteiger partial charge in [-0.1, -0.05) is 29.1 Å². The van der Waals surface area contributed by atoms with Crippen LogP contribution in [-0.2, 0) is 11.2 Å². The normalized spacial score (nSPS) is 10.9. The van der Waals surface area contributed by atoms with E-state index in [0.29, 0.717) is 5.71 Å². The topological polar surface area (TPSA) is 89.1 Å². The zero-order valence-electron chi connectivity index (χ0n) is 11.1. The first-order valence-corrected chi connectivity index (χ1v) is 7.00. The average molecular weight is 301 g/mol. The van der Waals surface area contributed by atoms with Crippen LogP contribution in [0.3, 0.4) is 0 Å². The fraction of sp³-hybridized carbons (Fsp3) is 0.143. The van der Waals surface area contributed by atoms with Crippen molar-refractivity contribution in [2.75, 3.05) is 0 Å². The molecule has 3 rings (SSSR count). The number of rotatable bonds is 4. The van der Waals surface area contributed by atoms with Crippen molar-refractivity contribution in [3.05, 3.63) is 41.9 Å². The molecule has 0 fully saturated rings. The third-order valence-electron chi connectivity index (χ3n) is 2.90. The number of aromatic nitrogens is 3. The highest BCUT2D eigenvalue weighted by Crippen LogP contribution is 2.32. The van der Waals surface area contributed by atoms with Crippen molar-refractivity contribution in [1.82, 2.24) is 15.1 Å². The third kappa shape index (κ3) is 2.87. The van der Waals surface area contributed by atoms with Crippen LogP contribution in [0.25, 0.3) is 11.1 Å². The smallest absolute Gasteiger partial charge is 0.307 e. The van der Waals surface area contributed by atoms with Crippen LogP contribution in [-0.4, -0.2) is 26.2 Å². The number of hydrogen-bond donors (Lipinski definition) is 1. The van der Waals surface area contributed by atoms with Gasteiger partial charge in [-0.2, -0.15) is 4.98 Å². The fourth-order valence-corrected chi connectivity index (χ4v) is 2.86. The summed E-state index contributed by atoms with van der Waals surface area (Å²) in [6.07, 6.45) is 1.46. The molecule has 21 heavy (non-hydrogen) atoms. The number of fused-ring (bicyclic) bond motifs is 1. The number of nitrogens with zero attached hydrogens (tertiary/aromatic N) is 3. The quantitative estimate of drug-likeness (QED) is 0.741. The van der Waals surface area contributed by atoms with Crippen molar-refractivity contribution < 1.29 is 14.4 Å². The van der Waals surface area contributed by atoms with Crippen LogP contribution < -0.4 is 0 Å². The molecule has 0 radical (unpaired) electrons. The molecule has 1 N–H and O–H groups in total. The molecule has 0 amide bonds. The van der Waals surface area contributed by atoms with Crippen LogP contribution in [0.15, 0.2) is 45.0 Å². The second-order valence-electron chi connectivity index (χ2n) is 4.44. The largest absolute Gasteiger partial charge is 0.481 e. The minimum absolute atomic E-state index is 0.0213. The minimum Gasteiger partial charge on any atom is -0.481 e. The van der Waals surface area contributed by atoms with Gasteiger partial charge < -0.3 is 9.63 Å². The fourth-order valence-electron chi connectivity index (χ4n) is 1.93. The zero-order valence-corrected chi connectivity index (χ0v) is 11.9. The van der Waals surface area contributed by atoms with E-state index in [2.05, 4.69) is 15.1 Å². The molecule has 7 heteroatoms. The van der Waals surface area contributed by atoms with Gasteiger partial charge in [0.15, 0.2) is 0 Å². The van der Waals surface area contributed by atoms with Crippen LogP contribution in [0, 0.1) is 6.92 Å². The van der Waals surface area contributed by atoms with E-state index < -0.39 is 5.97 Å². The molecule has 0 saturated carbocycles. The summed E-state index contributed by atoms with van der Waals surface area (Å²) in [6, 6.07) is 7.35. The third-order valence-corrected chi connectivity index (χ3v) is 3.91. The highest BCUT2D eigenvalue weighted by molar-refractivity contribution is 7.99. The number of hydrogen-bond acceptors (Lipinski definition) is 6. The van der Waals surface area contributed by atoms with Crippen LogP contribution in [0.4, 0.5) is 0 Å². The predicted octanol–water partition coefficient (Wildman–Crippen LogP) is 2.70. The van der Waals surface area contributed by atoms with Gasteiger partial charge >= 0.3 is 5.97 Å². The van der Waals surface area contributed by atoms with Gasteiger partial charge in [0.1, 0.15) is 11.4 Å². The minimum atomic E-state index is -0.840. The number of aryl methyl sites for hydroxylation is 1. The Balaban J connectivity index is 1.88. The molecule has 6 nitrogen and oxygen atoms in total. The lowest BCUT2D eigenvalue weighted by atomic mass is 10.2. The molecular formula is C14H11N3O3S. The van der Waals surface area contributed by atoms with Crippen molar-refractivity contribution in [2.45, 2.75) is 23.3 Å². The van der Waals surface area contributed by atoms with Crippen molar-refractivity contribution >= 4 is 28.8 Å². The molecule has 0 unspecified atom stereocenters. The summed E-state index contributed by atoms with van der Waals surface area (Å²) >= 11 is 1.46. The Hall–Kier alpha value is -2.41. The van der Waals surface area contributed by atoms with E-state index in [4.69, 9.17) is 9.63 Å². The van der Waals surface area contributed by atoms with Gasteiger partial charge in [0.2, 0.25) is 0 Å². The van der Waals surface area contributed by atoms with Gasteiger partial charge in [0.25, 0.3) is 5.71 Å². The molecule has 3 aromatic rings. The molecule has 2 heterocycles. The van der Waals surface area contributed by atoms with Crippen molar-refractivity contribution in [3.63, 3.8) is 0 Å². The summed E-state index contributed by atoms with van der Waals surface area (Å²) in [6.45, 7) is 1.84. The first-order valence-electron chi connectivity index (χ1n) is 6.19. The molecular weight excluding hydrogens is 290 g/mol. The summed E-state index contributed by atoms with van der Waals surface area (Å²) in [5.41, 5.74) is 1.98. The Kier molecular flexibility index (Phi) is 3.57. The maximum Gasteiger partial charge on any atom is 0.307 e. The molecule has 0 aliphatic rings. The zero-order chi connectivity index (χ0) is 14.8. The Morgan fingerprint density at radius 2 is 2.05 bits per heavy atom. The van der Waals surface area contributed by atoms with Gasteiger partial charge in [-0.25, -0.2) is 4.98 Å². The van der Waals surface area contributed by atoms with Crippen molar-refractivity contribution in [3.8, 4) is 0 Å². The average Bonchev–Trinajstić information content (AvgIpc) is 2.83. The van der Waals surface area contributed by atoms with Gasteiger partial charge in [-0.15, -0.1) is 0 Å². The van der Waals surface area contributed by atoms with Gasteiger partial charge in [0, 0.05) is 4.90 Å². The summed E-state index contributed by atoms with van der Waals surface area (Å²) in [7, 11) is 0. The van der Waals surface area contributed by atoms with E-state index in [-0.39, 0.29) is 6.42 Å². The number of carbonyl (C=O) groups is 1. The molecule has 0 aliphatic carbocycles. The van der Waals surface area contributed by atoms with Crippen LogP contribution >= 0.6 is 11.8 Å². The summed E-state index contributed by atoms with van der Waals surface area (Å²) < 4.78 is 5.11. The van der Waals surface area contributed by atoms with E-state index in [1.165, 1.54) is 18.1 Å². The van der Waals surface area contributed by atoms with E-state index >= 15 is 0 Å². The van der Waals surface area contributed by atoms with Crippen LogP contribution in [0.1, 0.15) is 11.3 Å². The lowest BCUT2D eigenvalue weighted by molar-refractivity contribution is -0.136. The van der Waals surface area contributed by atoms with Crippen LogP contribution in [0.5, 0.6) is 0 Å². The molecule has 2 aromatic heterocycles. The first-order chi connectivity index (χ1) is 10.1. The highest BCUT2D eigenvalue weighted by Gasteiger charge is 2.13. The molecule has 106 valence electrons. The molecule has 1 aromatic carbocycles. The second-order valence-corrected chi connectivity index (χ2v) is 5.51. The Morgan fingerprint density at radius 1 is 1.29 bits per heavy atom. The Bertz CT molecular complexity index is 799. The molecule has 0 saturated heterocycles. The lowest BCUT2D eigenvalue weighted by Gasteiger charge is -2.03. The van der Waals surface area contributed by atoms with Gasteiger partial charge in [0.05, 0.1) is 17.5 Å². The van der Waals surface area contributed by atoms with E-state index in [1.807, 2.05) is 19.1 Å². The Morgan fingerprint density at radius 3 is 2.76 bits per heavy atom. The highest BCUT2D eigenvalue weighted by atomic mass is 32.2. The monoisotopic (exact) mass is 301 g/mol. The maximum absolute atomic E-state index is 10.7. The lowest BCUT2D eigenvalue weighted by Crippen LogP contribution is -1.99. The van der Waals surface area contributed by atoms with Gasteiger partial charge in [-0.05, 0) is 24.6 Å². The number of carboxylic acid groups (broad SMARTS) is 1. The standard InChI is InChI=1S/C14H11N3O3S/c1-8-12-13(20-17-8)15-7-16-14(12)21-10-4-2-9(3-5-10)6-11(18)19/h2-5,7H,6H2,1H3,(H,18,19). The van der Waals surface area contributed by atoms with Gasteiger partial charge in [-0.3, -0.25) is 4.79 Å². The van der Waals surface area contributed by atoms with Crippen molar-refractivity contribution in [2.24, 2.45) is 0 Å². The number of benzene rings is 1. The maximum atomic E-state index is 10.7. The number of carboxylic acids is 1. The number of aliphatic carboxylic acids is 1. The second kappa shape index (κ2) is 5.53. The molecule has 0 aliphatic heterocycles. The van der Waals surface area contributed by atoms with Crippen LogP contribution in [0.2, 0.25) is 0 Å². The first kappa shape index (κ1) is 13.6. The van der Waals surface area contributed by atoms with E-state index in [0.717, 1.165) is 26.6 Å². The SMILES string of the molecule is Cc1noc2ncnc(Sc3ccc(CC(=O)O)cc3)c12. The van der Waals surface area contributed by atoms with E-state index in [9.17, 15) is 4.79 Å². The predicted molar refractivity (Wildman–Crippen MR) is 76.2 cm³/mol. The van der Waals surface area contributed by atoms with Crippen molar-refractivity contribution in [1.29, 1.82) is 0 Å².